The number of carbonyl (C=O) groups excluding carboxylic acids is 1. The number of urea groups is 1. The summed E-state index contributed by atoms with van der Waals surface area (Å²) in [5, 5.41) is 11.0. The van der Waals surface area contributed by atoms with Crippen molar-refractivity contribution < 1.29 is 4.79 Å². The highest BCUT2D eigenvalue weighted by Crippen LogP contribution is 2.12. The molecule has 2 aromatic rings. The lowest BCUT2D eigenvalue weighted by Gasteiger charge is -2.12. The lowest BCUT2D eigenvalue weighted by molar-refractivity contribution is 0.238. The van der Waals surface area contributed by atoms with Crippen LogP contribution >= 0.6 is 0 Å². The van der Waals surface area contributed by atoms with Crippen LogP contribution in [0.25, 0.3) is 10.8 Å². The van der Waals surface area contributed by atoms with Gasteiger partial charge in [0.05, 0.1) is 17.6 Å². The number of fused-ring (bicyclic) bond motifs is 1. The molecule has 1 aromatic carbocycles. The number of aromatic nitrogens is 2. The average molecular weight is 298 g/mol. The fourth-order valence-electron chi connectivity index (χ4n) is 2.11. The fourth-order valence-corrected chi connectivity index (χ4v) is 2.11. The van der Waals surface area contributed by atoms with Crippen molar-refractivity contribution in [3.05, 3.63) is 40.3 Å². The van der Waals surface area contributed by atoms with Crippen LogP contribution in [0.2, 0.25) is 0 Å². The van der Waals surface area contributed by atoms with Crippen molar-refractivity contribution >= 4 is 16.8 Å². The second-order valence-electron chi connectivity index (χ2n) is 5.14. The van der Waals surface area contributed by atoms with Gasteiger partial charge in [-0.05, 0) is 19.9 Å². The molecule has 0 atom stereocenters. The number of rotatable bonds is 4. The maximum absolute atomic E-state index is 12.3. The molecular formula is C16H18N4O2. The summed E-state index contributed by atoms with van der Waals surface area (Å²) in [6.07, 6.45) is 5.27. The van der Waals surface area contributed by atoms with Crippen LogP contribution in [0.4, 0.5) is 4.79 Å². The van der Waals surface area contributed by atoms with Gasteiger partial charge in [0.15, 0.2) is 0 Å². The number of benzene rings is 1. The summed E-state index contributed by atoms with van der Waals surface area (Å²) in [6, 6.07) is 6.90. The van der Waals surface area contributed by atoms with Crippen LogP contribution in [-0.4, -0.2) is 21.9 Å². The lowest BCUT2D eigenvalue weighted by Crippen LogP contribution is -2.39. The van der Waals surface area contributed by atoms with Crippen molar-refractivity contribution in [1.82, 2.24) is 20.4 Å². The third-order valence-corrected chi connectivity index (χ3v) is 3.02. The molecule has 0 aliphatic carbocycles. The number of nitrogens with zero attached hydrogens (tertiary/aromatic N) is 2. The van der Waals surface area contributed by atoms with E-state index >= 15 is 0 Å². The second kappa shape index (κ2) is 6.76. The molecule has 0 aliphatic rings. The predicted octanol–water partition coefficient (Wildman–Crippen LogP) is 1.24. The van der Waals surface area contributed by atoms with E-state index in [4.69, 9.17) is 6.42 Å². The monoisotopic (exact) mass is 298 g/mol. The van der Waals surface area contributed by atoms with Gasteiger partial charge in [-0.1, -0.05) is 24.1 Å². The Hall–Kier alpha value is -2.81. The maximum Gasteiger partial charge on any atom is 0.315 e. The van der Waals surface area contributed by atoms with Gasteiger partial charge in [0.2, 0.25) is 0 Å². The molecule has 2 amide bonds. The third-order valence-electron chi connectivity index (χ3n) is 3.02. The number of amides is 2. The van der Waals surface area contributed by atoms with E-state index < -0.39 is 0 Å². The van der Waals surface area contributed by atoms with Gasteiger partial charge >= 0.3 is 6.03 Å². The van der Waals surface area contributed by atoms with Gasteiger partial charge in [-0.15, -0.1) is 6.42 Å². The smallest absolute Gasteiger partial charge is 0.315 e. The summed E-state index contributed by atoms with van der Waals surface area (Å²) in [4.78, 5) is 23.9. The highest BCUT2D eigenvalue weighted by Gasteiger charge is 2.11. The topological polar surface area (TPSA) is 76.0 Å². The normalized spacial score (nSPS) is 10.5. The molecule has 22 heavy (non-hydrogen) atoms. The van der Waals surface area contributed by atoms with Crippen LogP contribution in [0, 0.1) is 12.3 Å². The van der Waals surface area contributed by atoms with Crippen molar-refractivity contribution in [2.75, 3.05) is 0 Å². The Labute approximate surface area is 128 Å². The minimum absolute atomic E-state index is 0.0418. The number of carbonyl (C=O) groups is 1. The molecule has 2 rings (SSSR count). The first-order chi connectivity index (χ1) is 10.5. The molecule has 0 saturated carbocycles. The molecule has 0 bridgehead atoms. The summed E-state index contributed by atoms with van der Waals surface area (Å²) < 4.78 is 1.24. The van der Waals surface area contributed by atoms with Crippen molar-refractivity contribution in [3.8, 4) is 12.3 Å². The standard InChI is InChI=1S/C16H18N4O2/c1-4-9-20-15(21)13-8-6-5-7-12(13)14(19-20)10-17-16(22)18-11(2)3/h1,5-8,11H,9-10H2,2-3H3,(H2,17,18,22). The zero-order chi connectivity index (χ0) is 16.1. The van der Waals surface area contributed by atoms with Crippen LogP contribution in [0.1, 0.15) is 19.5 Å². The highest BCUT2D eigenvalue weighted by atomic mass is 16.2. The average Bonchev–Trinajstić information content (AvgIpc) is 2.48. The molecule has 6 nitrogen and oxygen atoms in total. The summed E-state index contributed by atoms with van der Waals surface area (Å²) in [7, 11) is 0. The van der Waals surface area contributed by atoms with E-state index in [1.54, 1.807) is 18.2 Å². The number of nitrogens with one attached hydrogen (secondary N) is 2. The van der Waals surface area contributed by atoms with E-state index in [9.17, 15) is 9.59 Å². The van der Waals surface area contributed by atoms with E-state index in [2.05, 4.69) is 21.7 Å². The van der Waals surface area contributed by atoms with E-state index in [1.165, 1.54) is 4.68 Å². The van der Waals surface area contributed by atoms with E-state index in [1.807, 2.05) is 19.9 Å². The third kappa shape index (κ3) is 3.44. The lowest BCUT2D eigenvalue weighted by atomic mass is 10.1. The zero-order valence-electron chi connectivity index (χ0n) is 12.6. The highest BCUT2D eigenvalue weighted by molar-refractivity contribution is 5.84. The number of hydrogen-bond donors (Lipinski definition) is 2. The molecule has 114 valence electrons. The Morgan fingerprint density at radius 2 is 2.05 bits per heavy atom. The first-order valence-corrected chi connectivity index (χ1v) is 6.99. The molecule has 0 fully saturated rings. The maximum atomic E-state index is 12.3. The molecule has 1 heterocycles. The molecule has 0 spiro atoms. The molecule has 2 N–H and O–H groups in total. The van der Waals surface area contributed by atoms with Gasteiger partial charge in [-0.25, -0.2) is 9.48 Å². The number of hydrogen-bond acceptors (Lipinski definition) is 3. The Balaban J connectivity index is 2.36. The predicted molar refractivity (Wildman–Crippen MR) is 85.3 cm³/mol. The van der Waals surface area contributed by atoms with Crippen molar-refractivity contribution in [3.63, 3.8) is 0 Å². The Kier molecular flexibility index (Phi) is 4.79. The minimum atomic E-state index is -0.282. The van der Waals surface area contributed by atoms with Crippen LogP contribution in [0.15, 0.2) is 29.1 Å². The van der Waals surface area contributed by atoms with E-state index in [-0.39, 0.29) is 30.7 Å². The minimum Gasteiger partial charge on any atom is -0.336 e. The Morgan fingerprint density at radius 1 is 1.36 bits per heavy atom. The first-order valence-electron chi connectivity index (χ1n) is 6.99. The quantitative estimate of drug-likeness (QED) is 0.834. The summed E-state index contributed by atoms with van der Waals surface area (Å²) in [5.74, 6) is 2.41. The van der Waals surface area contributed by atoms with Gasteiger partial charge in [-0.3, -0.25) is 4.79 Å². The number of terminal acetylenes is 1. The van der Waals surface area contributed by atoms with Crippen LogP contribution in [0.5, 0.6) is 0 Å². The van der Waals surface area contributed by atoms with Crippen molar-refractivity contribution in [2.45, 2.75) is 33.0 Å². The molecule has 0 radical (unpaired) electrons. The van der Waals surface area contributed by atoms with Crippen LogP contribution < -0.4 is 16.2 Å². The van der Waals surface area contributed by atoms with Crippen LogP contribution in [0.3, 0.4) is 0 Å². The first kappa shape index (κ1) is 15.6. The Morgan fingerprint density at radius 3 is 2.68 bits per heavy atom. The molecule has 6 heteroatoms. The summed E-state index contributed by atoms with van der Waals surface area (Å²) in [6.45, 7) is 4.05. The van der Waals surface area contributed by atoms with Crippen molar-refractivity contribution in [2.24, 2.45) is 0 Å². The fraction of sp³-hybridized carbons (Fsp3) is 0.312. The summed E-state index contributed by atoms with van der Waals surface area (Å²) >= 11 is 0. The van der Waals surface area contributed by atoms with Crippen molar-refractivity contribution in [1.29, 1.82) is 0 Å². The van der Waals surface area contributed by atoms with Gasteiger partial charge in [0.1, 0.15) is 6.54 Å². The largest absolute Gasteiger partial charge is 0.336 e. The van der Waals surface area contributed by atoms with E-state index in [0.29, 0.717) is 16.5 Å². The second-order valence-corrected chi connectivity index (χ2v) is 5.14. The molecule has 0 aliphatic heterocycles. The van der Waals surface area contributed by atoms with Gasteiger partial charge < -0.3 is 10.6 Å². The zero-order valence-corrected chi connectivity index (χ0v) is 12.6. The van der Waals surface area contributed by atoms with Gasteiger partial charge in [-0.2, -0.15) is 5.10 Å². The van der Waals surface area contributed by atoms with Gasteiger partial charge in [0, 0.05) is 11.4 Å². The van der Waals surface area contributed by atoms with Gasteiger partial charge in [0.25, 0.3) is 5.56 Å². The Bertz CT molecular complexity index is 787. The van der Waals surface area contributed by atoms with Crippen LogP contribution in [-0.2, 0) is 13.1 Å². The summed E-state index contributed by atoms with van der Waals surface area (Å²) in [5.41, 5.74) is 0.369. The molecule has 0 saturated heterocycles. The molecule has 1 aromatic heterocycles. The molecule has 0 unspecified atom stereocenters. The SMILES string of the molecule is C#CCn1nc(CNC(=O)NC(C)C)c2ccccc2c1=O. The van der Waals surface area contributed by atoms with E-state index in [0.717, 1.165) is 0 Å². The molecular weight excluding hydrogens is 280 g/mol.